The molecule has 0 radical (unpaired) electrons. The van der Waals surface area contributed by atoms with Gasteiger partial charge in [-0.2, -0.15) is 0 Å². The molecule has 5 heteroatoms. The van der Waals surface area contributed by atoms with Crippen molar-refractivity contribution in [3.8, 4) is 0 Å². The number of nitrogens with zero attached hydrogens (tertiary/aromatic N) is 1. The molecule has 0 aliphatic carbocycles. The van der Waals surface area contributed by atoms with Crippen molar-refractivity contribution in [2.75, 3.05) is 6.54 Å². The Morgan fingerprint density at radius 3 is 2.70 bits per heavy atom. The van der Waals surface area contributed by atoms with Gasteiger partial charge in [0.2, 0.25) is 0 Å². The lowest BCUT2D eigenvalue weighted by molar-refractivity contribution is -0.141. The Morgan fingerprint density at radius 1 is 1.40 bits per heavy atom. The summed E-state index contributed by atoms with van der Waals surface area (Å²) in [7, 11) is 0. The van der Waals surface area contributed by atoms with Gasteiger partial charge in [-0.3, -0.25) is 0 Å². The van der Waals surface area contributed by atoms with Gasteiger partial charge in [0.25, 0.3) is 0 Å². The summed E-state index contributed by atoms with van der Waals surface area (Å²) in [6.07, 6.45) is 2.04. The third-order valence-electron chi connectivity index (χ3n) is 3.71. The first kappa shape index (κ1) is 14.4. The van der Waals surface area contributed by atoms with Crippen LogP contribution in [0, 0.1) is 0 Å². The number of aliphatic carboxylic acids is 1. The quantitative estimate of drug-likeness (QED) is 0.887. The number of hydrogen-bond donors (Lipinski definition) is 2. The van der Waals surface area contributed by atoms with E-state index in [1.54, 1.807) is 0 Å². The van der Waals surface area contributed by atoms with Crippen LogP contribution in [-0.2, 0) is 4.79 Å². The van der Waals surface area contributed by atoms with Gasteiger partial charge in [0.05, 0.1) is 6.04 Å². The van der Waals surface area contributed by atoms with Crippen LogP contribution in [0.25, 0.3) is 0 Å². The van der Waals surface area contributed by atoms with Crippen molar-refractivity contribution in [2.24, 2.45) is 0 Å². The predicted octanol–water partition coefficient (Wildman–Crippen LogP) is 2.40. The maximum atomic E-state index is 12.3. The first-order valence-corrected chi connectivity index (χ1v) is 6.98. The normalized spacial score (nSPS) is 19.6. The standard InChI is InChI=1S/C15H20N2O3/c1-2-12(11-7-4-3-5-8-11)16-15(20)17-10-6-9-13(17)14(18)19/h3-5,7-8,12-13H,2,6,9-10H2,1H3,(H,16,20)(H,18,19)/t12?,13-/m1/s1. The molecule has 2 rings (SSSR count). The van der Waals surface area contributed by atoms with Gasteiger partial charge in [0.15, 0.2) is 0 Å². The fourth-order valence-corrected chi connectivity index (χ4v) is 2.60. The highest BCUT2D eigenvalue weighted by Gasteiger charge is 2.34. The molecule has 0 saturated carbocycles. The minimum Gasteiger partial charge on any atom is -0.480 e. The largest absolute Gasteiger partial charge is 0.480 e. The number of carboxylic acids is 1. The number of amides is 2. The lowest BCUT2D eigenvalue weighted by Crippen LogP contribution is -2.46. The Bertz CT molecular complexity index is 475. The molecule has 5 nitrogen and oxygen atoms in total. The number of carboxylic acid groups (broad SMARTS) is 1. The van der Waals surface area contributed by atoms with E-state index in [4.69, 9.17) is 5.11 Å². The highest BCUT2D eigenvalue weighted by molar-refractivity contribution is 5.83. The first-order chi connectivity index (χ1) is 9.63. The number of carbonyl (C=O) groups excluding carboxylic acids is 1. The molecular weight excluding hydrogens is 256 g/mol. The summed E-state index contributed by atoms with van der Waals surface area (Å²) >= 11 is 0. The Labute approximate surface area is 118 Å². The molecule has 108 valence electrons. The minimum absolute atomic E-state index is 0.0845. The van der Waals surface area contributed by atoms with Crippen LogP contribution in [0.4, 0.5) is 4.79 Å². The van der Waals surface area contributed by atoms with Gasteiger partial charge in [-0.25, -0.2) is 9.59 Å². The summed E-state index contributed by atoms with van der Waals surface area (Å²) in [5.74, 6) is -0.926. The molecule has 1 fully saturated rings. The van der Waals surface area contributed by atoms with Gasteiger partial charge < -0.3 is 15.3 Å². The molecule has 20 heavy (non-hydrogen) atoms. The zero-order chi connectivity index (χ0) is 14.5. The maximum Gasteiger partial charge on any atom is 0.326 e. The zero-order valence-electron chi connectivity index (χ0n) is 11.6. The van der Waals surface area contributed by atoms with Gasteiger partial charge in [0.1, 0.15) is 6.04 Å². The van der Waals surface area contributed by atoms with Gasteiger partial charge in [0, 0.05) is 6.54 Å². The predicted molar refractivity (Wildman–Crippen MR) is 75.4 cm³/mol. The van der Waals surface area contributed by atoms with E-state index in [-0.39, 0.29) is 12.1 Å². The third-order valence-corrected chi connectivity index (χ3v) is 3.71. The molecule has 1 unspecified atom stereocenters. The van der Waals surface area contributed by atoms with Crippen molar-refractivity contribution in [1.29, 1.82) is 0 Å². The molecule has 1 saturated heterocycles. The maximum absolute atomic E-state index is 12.3. The highest BCUT2D eigenvalue weighted by atomic mass is 16.4. The van der Waals surface area contributed by atoms with E-state index in [0.29, 0.717) is 13.0 Å². The van der Waals surface area contributed by atoms with E-state index in [2.05, 4.69) is 5.32 Å². The van der Waals surface area contributed by atoms with Crippen LogP contribution in [-0.4, -0.2) is 34.6 Å². The topological polar surface area (TPSA) is 69.6 Å². The summed E-state index contributed by atoms with van der Waals surface area (Å²) in [6, 6.07) is 8.66. The molecule has 2 amide bonds. The Morgan fingerprint density at radius 2 is 2.10 bits per heavy atom. The monoisotopic (exact) mass is 276 g/mol. The zero-order valence-corrected chi connectivity index (χ0v) is 11.6. The second-order valence-corrected chi connectivity index (χ2v) is 5.01. The number of benzene rings is 1. The van der Waals surface area contributed by atoms with Gasteiger partial charge in [-0.05, 0) is 24.8 Å². The summed E-state index contributed by atoms with van der Waals surface area (Å²) in [4.78, 5) is 24.8. The fraction of sp³-hybridized carbons (Fsp3) is 0.467. The van der Waals surface area contributed by atoms with Crippen molar-refractivity contribution in [1.82, 2.24) is 10.2 Å². The lowest BCUT2D eigenvalue weighted by Gasteiger charge is -2.25. The molecule has 2 N–H and O–H groups in total. The van der Waals surface area contributed by atoms with Crippen LogP contribution in [0.5, 0.6) is 0 Å². The van der Waals surface area contributed by atoms with E-state index in [0.717, 1.165) is 18.4 Å². The molecule has 2 atom stereocenters. The summed E-state index contributed by atoms with van der Waals surface area (Å²) in [5.41, 5.74) is 1.04. The molecule has 1 aromatic carbocycles. The minimum atomic E-state index is -0.926. The van der Waals surface area contributed by atoms with Crippen LogP contribution in [0.2, 0.25) is 0 Å². The molecule has 1 heterocycles. The van der Waals surface area contributed by atoms with Gasteiger partial charge >= 0.3 is 12.0 Å². The molecule has 1 aromatic rings. The number of rotatable bonds is 4. The second kappa shape index (κ2) is 6.41. The molecule has 1 aliphatic rings. The number of likely N-dealkylation sites (tertiary alicyclic amines) is 1. The third kappa shape index (κ3) is 3.10. The Kier molecular flexibility index (Phi) is 4.61. The van der Waals surface area contributed by atoms with E-state index in [1.165, 1.54) is 4.90 Å². The number of urea groups is 1. The van der Waals surface area contributed by atoms with Gasteiger partial charge in [-0.15, -0.1) is 0 Å². The van der Waals surface area contributed by atoms with Crippen molar-refractivity contribution < 1.29 is 14.7 Å². The van der Waals surface area contributed by atoms with Crippen molar-refractivity contribution in [2.45, 2.75) is 38.3 Å². The van der Waals surface area contributed by atoms with Crippen molar-refractivity contribution >= 4 is 12.0 Å². The first-order valence-electron chi connectivity index (χ1n) is 6.98. The van der Waals surface area contributed by atoms with Gasteiger partial charge in [-0.1, -0.05) is 37.3 Å². The average molecular weight is 276 g/mol. The lowest BCUT2D eigenvalue weighted by atomic mass is 10.1. The van der Waals surface area contributed by atoms with Crippen LogP contribution in [0.3, 0.4) is 0 Å². The SMILES string of the molecule is CCC(NC(=O)N1CCC[C@@H]1C(=O)O)c1ccccc1. The fourth-order valence-electron chi connectivity index (χ4n) is 2.60. The number of nitrogens with one attached hydrogen (secondary N) is 1. The average Bonchev–Trinajstić information content (AvgIpc) is 2.95. The Balaban J connectivity index is 2.04. The number of carbonyl (C=O) groups is 2. The summed E-state index contributed by atoms with van der Waals surface area (Å²) in [6.45, 7) is 2.50. The summed E-state index contributed by atoms with van der Waals surface area (Å²) < 4.78 is 0. The van der Waals surface area contributed by atoms with E-state index >= 15 is 0 Å². The van der Waals surface area contributed by atoms with Crippen LogP contribution in [0.1, 0.15) is 37.8 Å². The van der Waals surface area contributed by atoms with Crippen LogP contribution in [0.15, 0.2) is 30.3 Å². The molecular formula is C15H20N2O3. The summed E-state index contributed by atoms with van der Waals surface area (Å²) in [5, 5.41) is 12.1. The molecule has 0 spiro atoms. The molecule has 1 aliphatic heterocycles. The van der Waals surface area contributed by atoms with Crippen LogP contribution >= 0.6 is 0 Å². The van der Waals surface area contributed by atoms with Crippen LogP contribution < -0.4 is 5.32 Å². The van der Waals surface area contributed by atoms with E-state index in [9.17, 15) is 9.59 Å². The van der Waals surface area contributed by atoms with Crippen molar-refractivity contribution in [3.63, 3.8) is 0 Å². The van der Waals surface area contributed by atoms with E-state index < -0.39 is 12.0 Å². The Hall–Kier alpha value is -2.04. The van der Waals surface area contributed by atoms with Crippen molar-refractivity contribution in [3.05, 3.63) is 35.9 Å². The molecule has 0 aromatic heterocycles. The highest BCUT2D eigenvalue weighted by Crippen LogP contribution is 2.20. The number of hydrogen-bond acceptors (Lipinski definition) is 2. The smallest absolute Gasteiger partial charge is 0.326 e. The van der Waals surface area contributed by atoms with E-state index in [1.807, 2.05) is 37.3 Å². The molecule has 0 bridgehead atoms. The second-order valence-electron chi connectivity index (χ2n) is 5.01.